The molecule has 1 heterocycles. The van der Waals surface area contributed by atoms with E-state index in [1.54, 1.807) is 106 Å². The van der Waals surface area contributed by atoms with Gasteiger partial charge in [-0.05, 0) is 64.1 Å². The summed E-state index contributed by atoms with van der Waals surface area (Å²) in [6.45, 7) is 6.13. The molecular weight excluding hydrogens is 500 g/mol. The Morgan fingerprint density at radius 1 is 0.821 bits per heavy atom. The Bertz CT molecular complexity index is 1290. The molecule has 0 aliphatic carbocycles. The van der Waals surface area contributed by atoms with E-state index in [0.29, 0.717) is 27.8 Å². The van der Waals surface area contributed by atoms with Gasteiger partial charge in [-0.2, -0.15) is 0 Å². The van der Waals surface area contributed by atoms with Crippen LogP contribution in [0.4, 0.5) is 27.5 Å². The Kier molecular flexibility index (Phi) is 7.68. The van der Waals surface area contributed by atoms with Gasteiger partial charge in [-0.15, -0.1) is 0 Å². The second-order valence-corrected chi connectivity index (χ2v) is 9.93. The Labute approximate surface area is 226 Å². The highest BCUT2D eigenvalue weighted by molar-refractivity contribution is 6.24. The second kappa shape index (κ2) is 11.0. The van der Waals surface area contributed by atoms with E-state index in [1.807, 2.05) is 0 Å². The smallest absolute Gasteiger partial charge is 0.425 e. The van der Waals surface area contributed by atoms with Crippen LogP contribution in [0.3, 0.4) is 0 Å². The summed E-state index contributed by atoms with van der Waals surface area (Å²) in [5.74, 6) is -2.77. The lowest BCUT2D eigenvalue weighted by Crippen LogP contribution is -2.62. The number of carbonyl (C=O) groups is 4. The van der Waals surface area contributed by atoms with E-state index in [0.717, 1.165) is 0 Å². The first kappa shape index (κ1) is 27.3. The Hall–Kier alpha value is -4.70. The van der Waals surface area contributed by atoms with Crippen LogP contribution >= 0.6 is 0 Å². The topological polar surface area (TPSA) is 119 Å². The Morgan fingerprint density at radius 2 is 1.23 bits per heavy atom. The fourth-order valence-electron chi connectivity index (χ4n) is 4.12. The minimum Gasteiger partial charge on any atom is -0.480 e. The third-order valence-electron chi connectivity index (χ3n) is 5.93. The molecule has 202 valence electrons. The number of carboxylic acid groups (broad SMARTS) is 1. The van der Waals surface area contributed by atoms with Crippen molar-refractivity contribution < 1.29 is 29.0 Å². The maximum atomic E-state index is 14.2. The van der Waals surface area contributed by atoms with Gasteiger partial charge >= 0.3 is 12.1 Å². The molecule has 2 N–H and O–H groups in total. The largest absolute Gasteiger partial charge is 0.480 e. The molecule has 4 rings (SSSR count). The van der Waals surface area contributed by atoms with Crippen molar-refractivity contribution in [1.82, 2.24) is 10.4 Å². The molecule has 3 aromatic rings. The highest BCUT2D eigenvalue weighted by atomic mass is 16.6. The van der Waals surface area contributed by atoms with Crippen molar-refractivity contribution in [2.45, 2.75) is 45.4 Å². The van der Waals surface area contributed by atoms with Crippen molar-refractivity contribution in [3.63, 3.8) is 0 Å². The number of benzene rings is 3. The number of carboxylic acids is 1. The fourth-order valence-corrected chi connectivity index (χ4v) is 4.12. The normalized spacial score (nSPS) is 14.9. The zero-order valence-electron chi connectivity index (χ0n) is 22.1. The number of para-hydroxylation sites is 4. The van der Waals surface area contributed by atoms with Gasteiger partial charge in [0.05, 0.1) is 11.4 Å². The number of carbonyl (C=O) groups excluding carboxylic acids is 3. The van der Waals surface area contributed by atoms with E-state index in [-0.39, 0.29) is 0 Å². The van der Waals surface area contributed by atoms with Crippen LogP contribution in [-0.4, -0.2) is 51.7 Å². The summed E-state index contributed by atoms with van der Waals surface area (Å²) < 4.78 is 5.41. The fraction of sp³-hybridized carbons (Fsp3) is 0.241. The van der Waals surface area contributed by atoms with Gasteiger partial charge in [0.2, 0.25) is 0 Å². The molecule has 0 saturated carbocycles. The first-order chi connectivity index (χ1) is 18.5. The van der Waals surface area contributed by atoms with Gasteiger partial charge in [0.1, 0.15) is 11.6 Å². The molecule has 3 amide bonds. The van der Waals surface area contributed by atoms with E-state index in [9.17, 15) is 24.3 Å². The molecule has 0 unspecified atom stereocenters. The van der Waals surface area contributed by atoms with Crippen molar-refractivity contribution in [3.8, 4) is 0 Å². The van der Waals surface area contributed by atoms with Crippen molar-refractivity contribution in [1.29, 1.82) is 0 Å². The zero-order valence-corrected chi connectivity index (χ0v) is 22.1. The van der Waals surface area contributed by atoms with Gasteiger partial charge in [-0.3, -0.25) is 19.4 Å². The molecule has 39 heavy (non-hydrogen) atoms. The van der Waals surface area contributed by atoms with Crippen LogP contribution in [0, 0.1) is 0 Å². The van der Waals surface area contributed by atoms with Gasteiger partial charge in [-0.25, -0.2) is 20.0 Å². The molecule has 1 atom stereocenters. The molecule has 10 nitrogen and oxygen atoms in total. The quantitative estimate of drug-likeness (QED) is 0.353. The van der Waals surface area contributed by atoms with Crippen LogP contribution in [0.1, 0.15) is 27.7 Å². The highest BCUT2D eigenvalue weighted by Crippen LogP contribution is 2.41. The summed E-state index contributed by atoms with van der Waals surface area (Å²) in [6.07, 6.45) is -1.04. The predicted octanol–water partition coefficient (Wildman–Crippen LogP) is 4.61. The number of hydrazine groups is 1. The summed E-state index contributed by atoms with van der Waals surface area (Å²) in [5, 5.41) is 10.4. The van der Waals surface area contributed by atoms with Gasteiger partial charge < -0.3 is 9.84 Å². The van der Waals surface area contributed by atoms with Crippen LogP contribution in [0.15, 0.2) is 84.9 Å². The third-order valence-corrected chi connectivity index (χ3v) is 5.93. The van der Waals surface area contributed by atoms with Crippen molar-refractivity contribution in [2.75, 3.05) is 9.80 Å². The number of fused-ring (bicyclic) bond motifs is 1. The molecule has 0 aromatic heterocycles. The van der Waals surface area contributed by atoms with Crippen LogP contribution in [0.5, 0.6) is 0 Å². The van der Waals surface area contributed by atoms with E-state index in [2.05, 4.69) is 5.43 Å². The standard InChI is InChI=1S/C29H30N4O6/c1-19(27(36)37)33(28(38)39-29(2,3)4)30-24-25(34)31(20-13-7-5-8-14-20)22-17-11-12-18-23(22)32(26(24)35)21-15-9-6-10-16-21/h5-19,24,30H,1-4H3,(H,36,37)/t19-/m0/s1. The number of rotatable bonds is 6. The molecule has 1 aliphatic heterocycles. The van der Waals surface area contributed by atoms with E-state index in [4.69, 9.17) is 4.74 Å². The molecular formula is C29H30N4O6. The third kappa shape index (κ3) is 5.75. The maximum Gasteiger partial charge on any atom is 0.425 e. The average molecular weight is 531 g/mol. The number of hydrogen-bond donors (Lipinski definition) is 2. The predicted molar refractivity (Wildman–Crippen MR) is 146 cm³/mol. The number of anilines is 4. The molecule has 0 bridgehead atoms. The molecule has 0 radical (unpaired) electrons. The van der Waals surface area contributed by atoms with Crippen molar-refractivity contribution in [3.05, 3.63) is 84.9 Å². The molecule has 10 heteroatoms. The Balaban J connectivity index is 1.89. The van der Waals surface area contributed by atoms with Gasteiger partial charge in [0.25, 0.3) is 11.8 Å². The zero-order chi connectivity index (χ0) is 28.3. The monoisotopic (exact) mass is 530 g/mol. The van der Waals surface area contributed by atoms with Crippen LogP contribution in [-0.2, 0) is 19.1 Å². The molecule has 0 saturated heterocycles. The van der Waals surface area contributed by atoms with Crippen LogP contribution in [0.25, 0.3) is 0 Å². The SMILES string of the molecule is C[C@@H](C(=O)O)N(NC1C(=O)N(c2ccccc2)c2ccccc2N(c2ccccc2)C1=O)C(=O)OC(C)(C)C. The van der Waals surface area contributed by atoms with Crippen LogP contribution in [0.2, 0.25) is 0 Å². The van der Waals surface area contributed by atoms with Gasteiger partial charge in [0.15, 0.2) is 6.04 Å². The maximum absolute atomic E-state index is 14.2. The number of nitrogens with one attached hydrogen (secondary N) is 1. The molecule has 0 fully saturated rings. The van der Waals surface area contributed by atoms with E-state index < -0.39 is 41.6 Å². The summed E-state index contributed by atoms with van der Waals surface area (Å²) in [7, 11) is 0. The number of ether oxygens (including phenoxy) is 1. The number of aliphatic carboxylic acids is 1. The minimum absolute atomic E-state index is 0.435. The first-order valence-corrected chi connectivity index (χ1v) is 12.4. The minimum atomic E-state index is -1.69. The lowest BCUT2D eigenvalue weighted by atomic mass is 10.2. The van der Waals surface area contributed by atoms with E-state index in [1.165, 1.54) is 16.7 Å². The lowest BCUT2D eigenvalue weighted by molar-refractivity contribution is -0.145. The summed E-state index contributed by atoms with van der Waals surface area (Å²) in [5.41, 5.74) is 3.51. The van der Waals surface area contributed by atoms with Crippen molar-refractivity contribution in [2.24, 2.45) is 0 Å². The summed E-state index contributed by atoms with van der Waals surface area (Å²) in [4.78, 5) is 56.3. The van der Waals surface area contributed by atoms with Crippen molar-refractivity contribution >= 4 is 46.6 Å². The summed E-state index contributed by atoms with van der Waals surface area (Å²) >= 11 is 0. The molecule has 1 aliphatic rings. The van der Waals surface area contributed by atoms with Gasteiger partial charge in [0, 0.05) is 11.4 Å². The number of nitrogens with zero attached hydrogens (tertiary/aromatic N) is 3. The highest BCUT2D eigenvalue weighted by Gasteiger charge is 2.44. The first-order valence-electron chi connectivity index (χ1n) is 12.4. The molecule has 0 spiro atoms. The van der Waals surface area contributed by atoms with Crippen LogP contribution < -0.4 is 15.2 Å². The number of amides is 3. The average Bonchev–Trinajstić information content (AvgIpc) is 2.98. The van der Waals surface area contributed by atoms with E-state index >= 15 is 0 Å². The Morgan fingerprint density at radius 3 is 1.62 bits per heavy atom. The van der Waals surface area contributed by atoms with Gasteiger partial charge in [-0.1, -0.05) is 48.5 Å². The summed E-state index contributed by atoms with van der Waals surface area (Å²) in [6, 6.07) is 21.3. The number of hydrogen-bond acceptors (Lipinski definition) is 6. The second-order valence-electron chi connectivity index (χ2n) is 9.93. The molecule has 3 aromatic carbocycles. The lowest BCUT2D eigenvalue weighted by Gasteiger charge is -2.33.